The quantitative estimate of drug-likeness (QED) is 0.807. The summed E-state index contributed by atoms with van der Waals surface area (Å²) in [7, 11) is -1.28. The molecule has 4 atom stereocenters. The highest BCUT2D eigenvalue weighted by Gasteiger charge is 2.55. The Balaban J connectivity index is 1.45. The molecule has 2 saturated heterocycles. The molecule has 4 fully saturated rings. The Morgan fingerprint density at radius 3 is 2.65 bits per heavy atom. The van der Waals surface area contributed by atoms with Crippen molar-refractivity contribution in [1.82, 2.24) is 14.1 Å². The van der Waals surface area contributed by atoms with Gasteiger partial charge in [-0.05, 0) is 54.9 Å². The van der Waals surface area contributed by atoms with Crippen LogP contribution in [0.3, 0.4) is 0 Å². The number of rotatable bonds is 3. The van der Waals surface area contributed by atoms with E-state index in [9.17, 15) is 8.42 Å². The summed E-state index contributed by atoms with van der Waals surface area (Å²) in [5, 5.41) is 4.22. The average molecular weight is 380 g/mol. The van der Waals surface area contributed by atoms with Crippen molar-refractivity contribution in [2.75, 3.05) is 26.3 Å². The van der Waals surface area contributed by atoms with Gasteiger partial charge in [-0.1, -0.05) is 6.42 Å². The van der Waals surface area contributed by atoms with Crippen molar-refractivity contribution >= 4 is 10.0 Å². The van der Waals surface area contributed by atoms with Gasteiger partial charge in [0.15, 0.2) is 0 Å². The second-order valence-corrected chi connectivity index (χ2v) is 11.2. The predicted molar refractivity (Wildman–Crippen MR) is 98.2 cm³/mol. The molecule has 7 heteroatoms. The van der Waals surface area contributed by atoms with Gasteiger partial charge in [-0.25, -0.2) is 12.7 Å². The first-order valence-electron chi connectivity index (χ1n) is 10.0. The van der Waals surface area contributed by atoms with Gasteiger partial charge in [0, 0.05) is 45.5 Å². The van der Waals surface area contributed by atoms with E-state index in [1.54, 1.807) is 0 Å². The number of fused-ring (bicyclic) bond motifs is 2. The van der Waals surface area contributed by atoms with E-state index >= 15 is 0 Å². The number of hydrogen-bond donors (Lipinski definition) is 0. The molecule has 2 saturated carbocycles. The fraction of sp³-hybridized carbons (Fsp3) is 0.842. The highest BCUT2D eigenvalue weighted by molar-refractivity contribution is 7.89. The van der Waals surface area contributed by atoms with E-state index in [1.807, 2.05) is 22.2 Å². The van der Waals surface area contributed by atoms with E-state index < -0.39 is 10.0 Å². The molecular weight excluding hydrogens is 350 g/mol. The number of hydrogen-bond acceptors (Lipinski definition) is 4. The maximum absolute atomic E-state index is 13.5. The van der Waals surface area contributed by atoms with Crippen LogP contribution in [-0.4, -0.2) is 54.1 Å². The summed E-state index contributed by atoms with van der Waals surface area (Å²) >= 11 is 0. The van der Waals surface area contributed by atoms with Crippen LogP contribution in [0.2, 0.25) is 0 Å². The Bertz CT molecular complexity index is 784. The molecule has 2 unspecified atom stereocenters. The van der Waals surface area contributed by atoms with Crippen molar-refractivity contribution in [2.45, 2.75) is 49.7 Å². The van der Waals surface area contributed by atoms with Crippen LogP contribution >= 0.6 is 0 Å². The lowest BCUT2D eigenvalue weighted by Gasteiger charge is -2.38. The number of aryl methyl sites for hydroxylation is 1. The minimum atomic E-state index is -3.21. The molecule has 1 aromatic rings. The molecule has 2 aliphatic carbocycles. The van der Waals surface area contributed by atoms with Crippen molar-refractivity contribution in [2.24, 2.45) is 24.3 Å². The summed E-state index contributed by atoms with van der Waals surface area (Å²) in [6, 6.07) is 0. The first-order valence-corrected chi connectivity index (χ1v) is 11.5. The largest absolute Gasteiger partial charge is 0.381 e. The zero-order valence-electron chi connectivity index (χ0n) is 15.5. The van der Waals surface area contributed by atoms with Crippen molar-refractivity contribution in [1.29, 1.82) is 0 Å². The summed E-state index contributed by atoms with van der Waals surface area (Å²) in [6.07, 6.45) is 10.2. The summed E-state index contributed by atoms with van der Waals surface area (Å²) < 4.78 is 36.3. The minimum Gasteiger partial charge on any atom is -0.381 e. The average Bonchev–Trinajstić information content (AvgIpc) is 3.39. The number of ether oxygens (including phenoxy) is 1. The van der Waals surface area contributed by atoms with E-state index in [2.05, 4.69) is 11.3 Å². The Kier molecular flexibility index (Phi) is 4.00. The molecule has 1 aromatic heterocycles. The van der Waals surface area contributed by atoms with Crippen molar-refractivity contribution in [3.8, 4) is 0 Å². The summed E-state index contributed by atoms with van der Waals surface area (Å²) in [5.41, 5.74) is 1.19. The Hall–Kier alpha value is -0.920. The highest BCUT2D eigenvalue weighted by atomic mass is 32.2. The zero-order chi connectivity index (χ0) is 17.9. The molecule has 26 heavy (non-hydrogen) atoms. The number of nitrogens with zero attached hydrogens (tertiary/aromatic N) is 3. The van der Waals surface area contributed by atoms with Crippen LogP contribution in [0.1, 0.15) is 50.0 Å². The molecule has 6 nitrogen and oxygen atoms in total. The van der Waals surface area contributed by atoms with E-state index in [0.29, 0.717) is 24.9 Å². The molecule has 4 aliphatic rings. The third-order valence-electron chi connectivity index (χ3n) is 7.65. The van der Waals surface area contributed by atoms with Crippen LogP contribution in [0.25, 0.3) is 0 Å². The second kappa shape index (κ2) is 6.04. The van der Waals surface area contributed by atoms with Gasteiger partial charge in [-0.15, -0.1) is 0 Å². The molecule has 144 valence electrons. The highest BCUT2D eigenvalue weighted by Crippen LogP contribution is 2.53. The fourth-order valence-corrected chi connectivity index (χ4v) is 8.65. The molecule has 3 heterocycles. The Morgan fingerprint density at radius 1 is 1.23 bits per heavy atom. The second-order valence-electron chi connectivity index (χ2n) is 9.03. The van der Waals surface area contributed by atoms with E-state index in [4.69, 9.17) is 4.74 Å². The van der Waals surface area contributed by atoms with Gasteiger partial charge in [-0.2, -0.15) is 5.10 Å². The lowest BCUT2D eigenvalue weighted by Crippen LogP contribution is -2.42. The van der Waals surface area contributed by atoms with Gasteiger partial charge >= 0.3 is 0 Å². The smallest absolute Gasteiger partial charge is 0.217 e. The summed E-state index contributed by atoms with van der Waals surface area (Å²) in [6.45, 7) is 2.74. The molecule has 2 bridgehead atoms. The fourth-order valence-electron chi connectivity index (χ4n) is 6.22. The molecule has 0 N–H and O–H groups in total. The third kappa shape index (κ3) is 2.58. The van der Waals surface area contributed by atoms with Crippen molar-refractivity contribution in [3.63, 3.8) is 0 Å². The third-order valence-corrected chi connectivity index (χ3v) is 9.99. The SMILES string of the molecule is Cn1cc(C2CN(S(=O)(=O)C3C[C@@H]4CC[C@H]3C4)CC23CCOCC3)cn1. The monoisotopic (exact) mass is 379 g/mol. The van der Waals surface area contributed by atoms with Gasteiger partial charge in [0.1, 0.15) is 0 Å². The van der Waals surface area contributed by atoms with Crippen LogP contribution in [0.5, 0.6) is 0 Å². The Labute approximate surface area is 155 Å². The van der Waals surface area contributed by atoms with Crippen LogP contribution in [0.4, 0.5) is 0 Å². The molecule has 5 rings (SSSR count). The predicted octanol–water partition coefficient (Wildman–Crippen LogP) is 2.13. The van der Waals surface area contributed by atoms with Crippen LogP contribution in [0, 0.1) is 17.3 Å². The van der Waals surface area contributed by atoms with E-state index in [1.165, 1.54) is 12.0 Å². The molecule has 2 aliphatic heterocycles. The van der Waals surface area contributed by atoms with Gasteiger partial charge in [0.2, 0.25) is 10.0 Å². The van der Waals surface area contributed by atoms with Crippen LogP contribution < -0.4 is 0 Å². The first-order chi connectivity index (χ1) is 12.5. The normalized spacial score (nSPS) is 37.0. The maximum Gasteiger partial charge on any atom is 0.217 e. The lowest BCUT2D eigenvalue weighted by atomic mass is 9.70. The molecular formula is C19H29N3O3S. The van der Waals surface area contributed by atoms with E-state index in [0.717, 1.165) is 45.3 Å². The van der Waals surface area contributed by atoms with Crippen LogP contribution in [0.15, 0.2) is 12.4 Å². The topological polar surface area (TPSA) is 64.4 Å². The van der Waals surface area contributed by atoms with Gasteiger partial charge in [-0.3, -0.25) is 4.68 Å². The lowest BCUT2D eigenvalue weighted by molar-refractivity contribution is 0.0145. The van der Waals surface area contributed by atoms with Crippen molar-refractivity contribution in [3.05, 3.63) is 18.0 Å². The van der Waals surface area contributed by atoms with Gasteiger partial charge in [0.05, 0.1) is 11.4 Å². The van der Waals surface area contributed by atoms with Gasteiger partial charge < -0.3 is 4.74 Å². The van der Waals surface area contributed by atoms with E-state index in [-0.39, 0.29) is 16.6 Å². The van der Waals surface area contributed by atoms with Crippen molar-refractivity contribution < 1.29 is 13.2 Å². The molecule has 1 spiro atoms. The van der Waals surface area contributed by atoms with Gasteiger partial charge in [0.25, 0.3) is 0 Å². The minimum absolute atomic E-state index is 0.00593. The first kappa shape index (κ1) is 17.2. The summed E-state index contributed by atoms with van der Waals surface area (Å²) in [4.78, 5) is 0. The molecule has 0 radical (unpaired) electrons. The Morgan fingerprint density at radius 2 is 2.04 bits per heavy atom. The summed E-state index contributed by atoms with van der Waals surface area (Å²) in [5.74, 6) is 1.27. The standard InChI is InChI=1S/C19H29N3O3S/c1-21-11-16(10-20-21)17-12-22(13-19(17)4-6-25-7-5-19)26(23,24)18-9-14-2-3-15(18)8-14/h10-11,14-15,17-18H,2-9,12-13H2,1H3/t14-,15+,17?,18?/m1/s1. The molecule has 0 amide bonds. The van der Waals surface area contributed by atoms with Crippen LogP contribution in [-0.2, 0) is 21.8 Å². The number of sulfonamides is 1. The number of aromatic nitrogens is 2. The zero-order valence-corrected chi connectivity index (χ0v) is 16.3. The maximum atomic E-state index is 13.5. The molecule has 0 aromatic carbocycles.